The first-order chi connectivity index (χ1) is 16.5. The zero-order chi connectivity index (χ0) is 23.5. The fourth-order valence-corrected chi connectivity index (χ4v) is 4.57. The minimum atomic E-state index is -3.66. The van der Waals surface area contributed by atoms with Gasteiger partial charge in [-0.3, -0.25) is 4.98 Å². The van der Waals surface area contributed by atoms with Gasteiger partial charge < -0.3 is 5.32 Å². The number of nitrogens with zero attached hydrogens (tertiary/aromatic N) is 4. The van der Waals surface area contributed by atoms with Gasteiger partial charge in [-0.15, -0.1) is 0 Å². The van der Waals surface area contributed by atoms with Crippen LogP contribution in [0, 0.1) is 0 Å². The van der Waals surface area contributed by atoms with Crippen LogP contribution >= 0.6 is 0 Å². The highest BCUT2D eigenvalue weighted by atomic mass is 32.2. The van der Waals surface area contributed by atoms with E-state index in [-0.39, 0.29) is 11.4 Å². The number of hydrogen-bond acceptors (Lipinski definition) is 6. The fourth-order valence-electron chi connectivity index (χ4n) is 3.55. The maximum atomic E-state index is 12.7. The lowest BCUT2D eigenvalue weighted by Crippen LogP contribution is -2.23. The summed E-state index contributed by atoms with van der Waals surface area (Å²) in [7, 11) is -1.69. The Morgan fingerprint density at radius 2 is 1.74 bits per heavy atom. The summed E-state index contributed by atoms with van der Waals surface area (Å²) < 4.78 is 29.7. The molecule has 5 aromatic rings. The molecule has 3 heterocycles. The molecule has 0 saturated heterocycles. The zero-order valence-electron chi connectivity index (χ0n) is 18.4. The van der Waals surface area contributed by atoms with Gasteiger partial charge in [-0.1, -0.05) is 36.4 Å². The van der Waals surface area contributed by atoms with Crippen molar-refractivity contribution in [3.05, 3.63) is 97.0 Å². The maximum Gasteiger partial charge on any atom is 0.240 e. The van der Waals surface area contributed by atoms with Gasteiger partial charge in [0.05, 0.1) is 10.6 Å². The van der Waals surface area contributed by atoms with E-state index in [2.05, 4.69) is 20.1 Å². The third-order valence-corrected chi connectivity index (χ3v) is 6.76. The third-order valence-electron chi connectivity index (χ3n) is 5.34. The molecule has 0 spiro atoms. The Morgan fingerprint density at radius 1 is 0.941 bits per heavy atom. The molecular weight excluding hydrogens is 447 g/mol. The maximum absolute atomic E-state index is 12.7. The van der Waals surface area contributed by atoms with Crippen LogP contribution in [0.15, 0.2) is 96.3 Å². The number of anilines is 2. The van der Waals surface area contributed by atoms with Crippen LogP contribution in [0.4, 0.5) is 11.5 Å². The highest BCUT2D eigenvalue weighted by Gasteiger charge is 2.15. The average Bonchev–Trinajstić information content (AvgIpc) is 3.25. The number of fused-ring (bicyclic) bond motifs is 1. The SMILES string of the molecule is Bc1cnn2c(Nc3ccc(S(=O)(=O)NCc4cccnc4)cc3)cc(-c3ccccc3)nc12. The van der Waals surface area contributed by atoms with Crippen molar-refractivity contribution in [1.29, 1.82) is 0 Å². The third kappa shape index (κ3) is 4.54. The van der Waals surface area contributed by atoms with Crippen molar-refractivity contribution >= 4 is 40.5 Å². The van der Waals surface area contributed by atoms with E-state index in [4.69, 9.17) is 4.98 Å². The molecule has 5 rings (SSSR count). The topological polar surface area (TPSA) is 101 Å². The Bertz CT molecular complexity index is 1540. The van der Waals surface area contributed by atoms with Crippen molar-refractivity contribution in [2.75, 3.05) is 5.32 Å². The lowest BCUT2D eigenvalue weighted by molar-refractivity contribution is 0.581. The minimum absolute atomic E-state index is 0.173. The van der Waals surface area contributed by atoms with Gasteiger partial charge in [-0.05, 0) is 41.4 Å². The first-order valence-corrected chi connectivity index (χ1v) is 12.1. The predicted molar refractivity (Wildman–Crippen MR) is 135 cm³/mol. The minimum Gasteiger partial charge on any atom is -0.340 e. The van der Waals surface area contributed by atoms with Gasteiger partial charge in [0, 0.05) is 42.5 Å². The van der Waals surface area contributed by atoms with Crippen molar-refractivity contribution in [2.24, 2.45) is 0 Å². The molecule has 8 nitrogen and oxygen atoms in total. The summed E-state index contributed by atoms with van der Waals surface area (Å²) in [4.78, 5) is 8.95. The van der Waals surface area contributed by atoms with Crippen molar-refractivity contribution in [1.82, 2.24) is 24.3 Å². The molecule has 0 aliphatic carbocycles. The quantitative estimate of drug-likeness (QED) is 0.356. The molecule has 2 N–H and O–H groups in total. The van der Waals surface area contributed by atoms with Crippen LogP contribution in [0.5, 0.6) is 0 Å². The van der Waals surface area contributed by atoms with Gasteiger partial charge in [0.25, 0.3) is 0 Å². The van der Waals surface area contributed by atoms with Gasteiger partial charge in [-0.25, -0.2) is 18.1 Å². The molecule has 0 bridgehead atoms. The number of benzene rings is 2. The van der Waals surface area contributed by atoms with Crippen LogP contribution in [0.3, 0.4) is 0 Å². The van der Waals surface area contributed by atoms with E-state index in [0.29, 0.717) is 0 Å². The van der Waals surface area contributed by atoms with E-state index >= 15 is 0 Å². The second-order valence-corrected chi connectivity index (χ2v) is 9.56. The summed E-state index contributed by atoms with van der Waals surface area (Å²) >= 11 is 0. The van der Waals surface area contributed by atoms with E-state index in [1.54, 1.807) is 53.4 Å². The van der Waals surface area contributed by atoms with E-state index in [0.717, 1.165) is 39.4 Å². The number of aromatic nitrogens is 4. The average molecular weight is 468 g/mol. The first-order valence-electron chi connectivity index (χ1n) is 10.7. The largest absolute Gasteiger partial charge is 0.340 e. The Labute approximate surface area is 198 Å². The molecule has 168 valence electrons. The predicted octanol–water partition coefficient (Wildman–Crippen LogP) is 2.27. The molecule has 0 fully saturated rings. The molecular formula is C24H21BN6O2S. The van der Waals surface area contributed by atoms with Gasteiger partial charge in [0.15, 0.2) is 5.65 Å². The Morgan fingerprint density at radius 3 is 2.47 bits per heavy atom. The summed E-state index contributed by atoms with van der Waals surface area (Å²) in [6.07, 6.45) is 5.05. The van der Waals surface area contributed by atoms with Crippen LogP contribution < -0.4 is 15.5 Å². The van der Waals surface area contributed by atoms with Crippen LogP contribution in [0.1, 0.15) is 5.56 Å². The van der Waals surface area contributed by atoms with Crippen LogP contribution in [0.25, 0.3) is 16.9 Å². The smallest absolute Gasteiger partial charge is 0.240 e. The Kier molecular flexibility index (Phi) is 5.83. The summed E-state index contributed by atoms with van der Waals surface area (Å²) in [5, 5.41) is 7.78. The van der Waals surface area contributed by atoms with Crippen molar-refractivity contribution in [2.45, 2.75) is 11.4 Å². The summed E-state index contributed by atoms with van der Waals surface area (Å²) in [5.74, 6) is 0.724. The molecule has 0 aliphatic rings. The normalized spacial score (nSPS) is 11.5. The molecule has 3 aromatic heterocycles. The summed E-state index contributed by atoms with van der Waals surface area (Å²) in [6.45, 7) is 0.173. The second kappa shape index (κ2) is 9.09. The molecule has 0 atom stereocenters. The molecule has 0 aliphatic heterocycles. The Balaban J connectivity index is 1.40. The molecule has 0 unspecified atom stereocenters. The molecule has 34 heavy (non-hydrogen) atoms. The lowest BCUT2D eigenvalue weighted by atomic mass is 10.0. The number of hydrogen-bond donors (Lipinski definition) is 2. The molecule has 2 aromatic carbocycles. The van der Waals surface area contributed by atoms with Crippen molar-refractivity contribution < 1.29 is 8.42 Å². The summed E-state index contributed by atoms with van der Waals surface area (Å²) in [6, 6.07) is 22.0. The number of pyridine rings is 1. The van der Waals surface area contributed by atoms with E-state index in [1.807, 2.05) is 50.3 Å². The molecule has 0 radical (unpaired) electrons. The van der Waals surface area contributed by atoms with Gasteiger partial charge in [0.2, 0.25) is 10.0 Å². The number of nitrogens with one attached hydrogen (secondary N) is 2. The van der Waals surface area contributed by atoms with Crippen LogP contribution in [-0.2, 0) is 16.6 Å². The zero-order valence-corrected chi connectivity index (χ0v) is 19.2. The highest BCUT2D eigenvalue weighted by Crippen LogP contribution is 2.24. The molecule has 0 amide bonds. The lowest BCUT2D eigenvalue weighted by Gasteiger charge is -2.12. The molecule has 10 heteroatoms. The number of sulfonamides is 1. The van der Waals surface area contributed by atoms with E-state index < -0.39 is 10.0 Å². The van der Waals surface area contributed by atoms with Crippen molar-refractivity contribution in [3.8, 4) is 11.3 Å². The fraction of sp³-hybridized carbons (Fsp3) is 0.0417. The number of rotatable bonds is 7. The highest BCUT2D eigenvalue weighted by molar-refractivity contribution is 7.89. The molecule has 0 saturated carbocycles. The monoisotopic (exact) mass is 468 g/mol. The van der Waals surface area contributed by atoms with Crippen LogP contribution in [-0.4, -0.2) is 35.8 Å². The standard InChI is InChI=1S/C24H21BN6O2S/c25-21-16-27-31-23(13-22(30-24(21)31)18-6-2-1-3-7-18)29-19-8-10-20(11-9-19)34(32,33)28-15-17-5-4-12-26-14-17/h1-14,16,28-29H,15,25H2. The van der Waals surface area contributed by atoms with E-state index in [9.17, 15) is 8.42 Å². The van der Waals surface area contributed by atoms with Crippen molar-refractivity contribution in [3.63, 3.8) is 0 Å². The van der Waals surface area contributed by atoms with Gasteiger partial charge in [0.1, 0.15) is 13.7 Å². The van der Waals surface area contributed by atoms with Gasteiger partial charge in [-0.2, -0.15) is 9.61 Å². The van der Waals surface area contributed by atoms with Crippen LogP contribution in [0.2, 0.25) is 0 Å². The van der Waals surface area contributed by atoms with Gasteiger partial charge >= 0.3 is 0 Å². The van der Waals surface area contributed by atoms with E-state index in [1.165, 1.54) is 0 Å². The Hall–Kier alpha value is -4.02. The second-order valence-electron chi connectivity index (χ2n) is 7.79. The summed E-state index contributed by atoms with van der Waals surface area (Å²) in [5.41, 5.74) is 5.04. The first kappa shape index (κ1) is 21.8.